The molecule has 0 aliphatic carbocycles. The normalized spacial score (nSPS) is 11.3. The number of furan rings is 1. The van der Waals surface area contributed by atoms with Gasteiger partial charge in [0.1, 0.15) is 11.2 Å². The maximum absolute atomic E-state index is 6.24. The molecule has 7 heteroatoms. The molecule has 4 aromatic heterocycles. The fourth-order valence-corrected chi connectivity index (χ4v) is 5.96. The van der Waals surface area contributed by atoms with Gasteiger partial charge >= 0.3 is 0 Å². The first-order valence-electron chi connectivity index (χ1n) is 16.0. The number of hydrogen-bond acceptors (Lipinski definition) is 7. The predicted octanol–water partition coefficient (Wildman–Crippen LogP) is 9.96. The van der Waals surface area contributed by atoms with E-state index in [1.807, 2.05) is 115 Å². The second kappa shape index (κ2) is 12.1. The Hall–Kier alpha value is -6.86. The van der Waals surface area contributed by atoms with Gasteiger partial charge in [0.2, 0.25) is 5.71 Å². The van der Waals surface area contributed by atoms with Crippen molar-refractivity contribution in [3.8, 4) is 67.9 Å². The molecule has 0 bridgehead atoms. The van der Waals surface area contributed by atoms with Crippen molar-refractivity contribution in [2.45, 2.75) is 0 Å². The quantitative estimate of drug-likeness (QED) is 0.181. The molecular weight excluding hydrogens is 605 g/mol. The molecule has 0 N–H and O–H groups in total. The van der Waals surface area contributed by atoms with Gasteiger partial charge in [0.05, 0.1) is 5.39 Å². The number of rotatable bonds is 6. The molecule has 0 aliphatic rings. The summed E-state index contributed by atoms with van der Waals surface area (Å²) in [5, 5.41) is 0.845. The molecule has 0 radical (unpaired) electrons. The third kappa shape index (κ3) is 5.39. The highest BCUT2D eigenvalue weighted by atomic mass is 16.3. The van der Waals surface area contributed by atoms with E-state index in [0.717, 1.165) is 49.8 Å². The molecule has 0 fully saturated rings. The topological polar surface area (TPSA) is 90.5 Å². The number of fused-ring (bicyclic) bond motifs is 3. The Balaban J connectivity index is 1.14. The third-order valence-corrected chi connectivity index (χ3v) is 8.46. The first kappa shape index (κ1) is 28.4. The van der Waals surface area contributed by atoms with Gasteiger partial charge in [0.25, 0.3) is 0 Å². The van der Waals surface area contributed by atoms with E-state index in [4.69, 9.17) is 29.3 Å². The van der Waals surface area contributed by atoms with E-state index in [-0.39, 0.29) is 0 Å². The molecule has 230 valence electrons. The Morgan fingerprint density at radius 2 is 0.776 bits per heavy atom. The van der Waals surface area contributed by atoms with Crippen LogP contribution in [0.2, 0.25) is 0 Å². The molecule has 7 nitrogen and oxygen atoms in total. The fourth-order valence-electron chi connectivity index (χ4n) is 5.96. The standard InChI is InChI=1S/C42H26N6O/c1-4-11-27(12-5-1)28-18-22-32(23-19-28)40-46-39(31-15-8-3-9-16-31)47-41(48-40)33-24-20-29(21-25-33)35-37-36(34-17-10-26-43-42(34)49-37)45-38(44-35)30-13-6-2-7-14-30/h1-26H. The van der Waals surface area contributed by atoms with Crippen molar-refractivity contribution >= 4 is 22.2 Å². The van der Waals surface area contributed by atoms with Crippen molar-refractivity contribution in [1.82, 2.24) is 29.9 Å². The van der Waals surface area contributed by atoms with Crippen LogP contribution in [0.15, 0.2) is 162 Å². The Morgan fingerprint density at radius 3 is 1.33 bits per heavy atom. The maximum atomic E-state index is 6.24. The van der Waals surface area contributed by atoms with Gasteiger partial charge < -0.3 is 4.42 Å². The zero-order valence-electron chi connectivity index (χ0n) is 26.1. The molecule has 0 aliphatic heterocycles. The SMILES string of the molecule is c1ccc(-c2ccc(-c3nc(-c4ccccc4)nc(-c4ccc(-c5nc(-c6ccccc6)nc6c5oc5ncccc56)cc4)n3)cc2)cc1. The summed E-state index contributed by atoms with van der Waals surface area (Å²) in [6.07, 6.45) is 1.72. The van der Waals surface area contributed by atoms with Crippen LogP contribution < -0.4 is 0 Å². The first-order chi connectivity index (χ1) is 24.3. The summed E-state index contributed by atoms with van der Waals surface area (Å²) in [7, 11) is 0. The monoisotopic (exact) mass is 630 g/mol. The number of pyridine rings is 1. The zero-order valence-corrected chi connectivity index (χ0v) is 26.1. The van der Waals surface area contributed by atoms with Crippen LogP contribution in [0, 0.1) is 0 Å². The van der Waals surface area contributed by atoms with Crippen LogP contribution in [-0.4, -0.2) is 29.9 Å². The molecule has 4 heterocycles. The summed E-state index contributed by atoms with van der Waals surface area (Å²) in [5.41, 5.74) is 9.30. The van der Waals surface area contributed by atoms with Gasteiger partial charge in [0.15, 0.2) is 28.9 Å². The van der Waals surface area contributed by atoms with E-state index in [2.05, 4.69) is 41.4 Å². The minimum Gasteiger partial charge on any atom is -0.434 e. The largest absolute Gasteiger partial charge is 0.434 e. The van der Waals surface area contributed by atoms with Crippen LogP contribution in [0.3, 0.4) is 0 Å². The molecule has 9 aromatic rings. The van der Waals surface area contributed by atoms with Crippen molar-refractivity contribution in [3.05, 3.63) is 158 Å². The van der Waals surface area contributed by atoms with Crippen LogP contribution in [0.25, 0.3) is 90.1 Å². The smallest absolute Gasteiger partial charge is 0.229 e. The lowest BCUT2D eigenvalue weighted by molar-refractivity contribution is 0.652. The van der Waals surface area contributed by atoms with Gasteiger partial charge in [-0.05, 0) is 23.3 Å². The number of aromatic nitrogens is 6. The molecule has 0 amide bonds. The predicted molar refractivity (Wildman–Crippen MR) is 193 cm³/mol. The summed E-state index contributed by atoms with van der Waals surface area (Å²) < 4.78 is 6.24. The molecule has 0 atom stereocenters. The van der Waals surface area contributed by atoms with Gasteiger partial charge in [-0.25, -0.2) is 29.9 Å². The molecule has 9 rings (SSSR count). The van der Waals surface area contributed by atoms with Crippen LogP contribution >= 0.6 is 0 Å². The van der Waals surface area contributed by atoms with Crippen LogP contribution in [0.1, 0.15) is 0 Å². The van der Waals surface area contributed by atoms with Gasteiger partial charge in [0, 0.05) is 34.0 Å². The Bertz CT molecular complexity index is 2570. The van der Waals surface area contributed by atoms with Crippen LogP contribution in [-0.2, 0) is 0 Å². The first-order valence-corrected chi connectivity index (χ1v) is 16.0. The van der Waals surface area contributed by atoms with Gasteiger partial charge in [-0.2, -0.15) is 0 Å². The van der Waals surface area contributed by atoms with E-state index in [0.29, 0.717) is 40.3 Å². The minimum absolute atomic E-state index is 0.526. The molecule has 0 saturated heterocycles. The molecule has 49 heavy (non-hydrogen) atoms. The number of benzene rings is 5. The Kier molecular flexibility index (Phi) is 6.98. The second-order valence-corrected chi connectivity index (χ2v) is 11.6. The highest BCUT2D eigenvalue weighted by Crippen LogP contribution is 2.36. The summed E-state index contributed by atoms with van der Waals surface area (Å²) in [6, 6.07) is 50.5. The van der Waals surface area contributed by atoms with Gasteiger partial charge in [-0.3, -0.25) is 0 Å². The minimum atomic E-state index is 0.526. The van der Waals surface area contributed by atoms with Crippen LogP contribution in [0.5, 0.6) is 0 Å². The van der Waals surface area contributed by atoms with E-state index < -0.39 is 0 Å². The lowest BCUT2D eigenvalue weighted by Crippen LogP contribution is -2.00. The van der Waals surface area contributed by atoms with Crippen molar-refractivity contribution in [2.75, 3.05) is 0 Å². The third-order valence-electron chi connectivity index (χ3n) is 8.46. The van der Waals surface area contributed by atoms with E-state index in [1.54, 1.807) is 6.20 Å². The lowest BCUT2D eigenvalue weighted by atomic mass is 10.0. The lowest BCUT2D eigenvalue weighted by Gasteiger charge is -2.10. The zero-order chi connectivity index (χ0) is 32.6. The second-order valence-electron chi connectivity index (χ2n) is 11.6. The average Bonchev–Trinajstić information content (AvgIpc) is 3.57. The van der Waals surface area contributed by atoms with Gasteiger partial charge in [-0.1, -0.05) is 140 Å². The van der Waals surface area contributed by atoms with Crippen molar-refractivity contribution < 1.29 is 4.42 Å². The highest BCUT2D eigenvalue weighted by Gasteiger charge is 2.19. The summed E-state index contributed by atoms with van der Waals surface area (Å²) >= 11 is 0. The molecule has 0 spiro atoms. The summed E-state index contributed by atoms with van der Waals surface area (Å²) in [4.78, 5) is 29.1. The maximum Gasteiger partial charge on any atom is 0.229 e. The van der Waals surface area contributed by atoms with E-state index in [9.17, 15) is 0 Å². The summed E-state index contributed by atoms with van der Waals surface area (Å²) in [6.45, 7) is 0. The van der Waals surface area contributed by atoms with Crippen molar-refractivity contribution in [2.24, 2.45) is 0 Å². The molecular formula is C42H26N6O. The molecule has 0 saturated carbocycles. The van der Waals surface area contributed by atoms with E-state index in [1.165, 1.54) is 0 Å². The summed E-state index contributed by atoms with van der Waals surface area (Å²) in [5.74, 6) is 2.41. The fraction of sp³-hybridized carbons (Fsp3) is 0. The van der Waals surface area contributed by atoms with Crippen molar-refractivity contribution in [3.63, 3.8) is 0 Å². The highest BCUT2D eigenvalue weighted by molar-refractivity contribution is 6.06. The number of nitrogens with zero attached hydrogens (tertiary/aromatic N) is 6. The molecule has 0 unspecified atom stereocenters. The Morgan fingerprint density at radius 1 is 0.347 bits per heavy atom. The Labute approximate surface area is 281 Å². The number of hydrogen-bond donors (Lipinski definition) is 0. The van der Waals surface area contributed by atoms with E-state index >= 15 is 0 Å². The average molecular weight is 631 g/mol. The molecule has 5 aromatic carbocycles. The van der Waals surface area contributed by atoms with Crippen LogP contribution in [0.4, 0.5) is 0 Å². The van der Waals surface area contributed by atoms with Gasteiger partial charge in [-0.15, -0.1) is 0 Å². The van der Waals surface area contributed by atoms with Crippen molar-refractivity contribution in [1.29, 1.82) is 0 Å².